The van der Waals surface area contributed by atoms with E-state index in [2.05, 4.69) is 19.1 Å². The summed E-state index contributed by atoms with van der Waals surface area (Å²) in [6.45, 7) is 2.64. The van der Waals surface area contributed by atoms with Crippen LogP contribution in [0.5, 0.6) is 0 Å². The summed E-state index contributed by atoms with van der Waals surface area (Å²) in [4.78, 5) is 0. The van der Waals surface area contributed by atoms with Crippen molar-refractivity contribution in [1.29, 1.82) is 0 Å². The minimum atomic E-state index is 0.362. The molecule has 0 aromatic heterocycles. The number of hydrogen-bond acceptors (Lipinski definition) is 2. The van der Waals surface area contributed by atoms with Gasteiger partial charge in [-0.15, -0.1) is 0 Å². The number of allylic oxidation sites excluding steroid dienone is 2. The van der Waals surface area contributed by atoms with Crippen LogP contribution in [-0.4, -0.2) is 23.9 Å². The lowest BCUT2D eigenvalue weighted by Gasteiger charge is -1.99. The van der Waals surface area contributed by atoms with Crippen molar-refractivity contribution in [2.75, 3.05) is 13.7 Å². The summed E-state index contributed by atoms with van der Waals surface area (Å²) < 4.78 is 0. The van der Waals surface area contributed by atoms with Crippen molar-refractivity contribution in [3.63, 3.8) is 0 Å². The topological polar surface area (TPSA) is 40.5 Å². The Balaban J connectivity index is 0. The lowest BCUT2D eigenvalue weighted by molar-refractivity contribution is 0.282. The van der Waals surface area contributed by atoms with Gasteiger partial charge in [-0.2, -0.15) is 0 Å². The smallest absolute Gasteiger partial charge is 0.0431 e. The van der Waals surface area contributed by atoms with Gasteiger partial charge in [0.05, 0.1) is 0 Å². The summed E-state index contributed by atoms with van der Waals surface area (Å²) >= 11 is 0. The average Bonchev–Trinajstić information content (AvgIpc) is 2.53. The Labute approximate surface area is 133 Å². The third-order valence-electron chi connectivity index (χ3n) is 3.67. The van der Waals surface area contributed by atoms with Crippen LogP contribution in [0.2, 0.25) is 0 Å². The fourth-order valence-corrected chi connectivity index (χ4v) is 2.36. The molecule has 2 heteroatoms. The van der Waals surface area contributed by atoms with E-state index in [1.807, 2.05) is 0 Å². The minimum Gasteiger partial charge on any atom is -0.400 e. The van der Waals surface area contributed by atoms with Gasteiger partial charge in [0, 0.05) is 13.7 Å². The highest BCUT2D eigenvalue weighted by molar-refractivity contribution is 4.81. The van der Waals surface area contributed by atoms with Crippen molar-refractivity contribution in [2.24, 2.45) is 0 Å². The molecule has 0 rings (SSSR count). The third kappa shape index (κ3) is 25.0. The molecule has 0 aliphatic rings. The maximum atomic E-state index is 8.66. The van der Waals surface area contributed by atoms with Crippen molar-refractivity contribution in [3.05, 3.63) is 12.2 Å². The van der Waals surface area contributed by atoms with Gasteiger partial charge in [0.2, 0.25) is 0 Å². The molecule has 0 radical (unpaired) electrons. The van der Waals surface area contributed by atoms with Crippen LogP contribution in [0.15, 0.2) is 12.2 Å². The molecular formula is C19H40O2. The van der Waals surface area contributed by atoms with E-state index in [0.717, 1.165) is 13.5 Å². The van der Waals surface area contributed by atoms with Gasteiger partial charge in [-0.05, 0) is 32.1 Å². The van der Waals surface area contributed by atoms with Crippen LogP contribution >= 0.6 is 0 Å². The van der Waals surface area contributed by atoms with Crippen LogP contribution in [0.4, 0.5) is 0 Å². The molecular weight excluding hydrogens is 260 g/mol. The normalized spacial score (nSPS) is 10.7. The molecule has 0 heterocycles. The molecule has 0 spiro atoms. The Bertz CT molecular complexity index is 178. The number of aliphatic hydroxyl groups is 2. The first kappa shape index (κ1) is 22.9. The van der Waals surface area contributed by atoms with Gasteiger partial charge in [0.1, 0.15) is 0 Å². The highest BCUT2D eigenvalue weighted by Crippen LogP contribution is 2.09. The quantitative estimate of drug-likeness (QED) is 0.304. The molecule has 0 atom stereocenters. The van der Waals surface area contributed by atoms with Gasteiger partial charge in [0.25, 0.3) is 0 Å². The summed E-state index contributed by atoms with van der Waals surface area (Å²) in [6.07, 6.45) is 23.2. The van der Waals surface area contributed by atoms with Gasteiger partial charge < -0.3 is 10.2 Å². The fourth-order valence-electron chi connectivity index (χ4n) is 2.36. The van der Waals surface area contributed by atoms with Gasteiger partial charge in [0.15, 0.2) is 0 Å². The van der Waals surface area contributed by atoms with E-state index in [9.17, 15) is 0 Å². The lowest BCUT2D eigenvalue weighted by Crippen LogP contribution is -1.83. The molecule has 0 bridgehead atoms. The first-order chi connectivity index (χ1) is 10.4. The van der Waals surface area contributed by atoms with E-state index in [-0.39, 0.29) is 0 Å². The van der Waals surface area contributed by atoms with Gasteiger partial charge >= 0.3 is 0 Å². The molecule has 0 aromatic carbocycles. The van der Waals surface area contributed by atoms with E-state index in [0.29, 0.717) is 6.61 Å². The second kappa shape index (κ2) is 24.7. The van der Waals surface area contributed by atoms with E-state index >= 15 is 0 Å². The van der Waals surface area contributed by atoms with Crippen molar-refractivity contribution in [1.82, 2.24) is 0 Å². The van der Waals surface area contributed by atoms with Crippen molar-refractivity contribution in [2.45, 2.75) is 96.8 Å². The second-order valence-electron chi connectivity index (χ2n) is 5.66. The number of aliphatic hydroxyl groups excluding tert-OH is 2. The van der Waals surface area contributed by atoms with E-state index < -0.39 is 0 Å². The first-order valence-corrected chi connectivity index (χ1v) is 9.12. The Hall–Kier alpha value is -0.340. The molecule has 0 saturated carbocycles. The van der Waals surface area contributed by atoms with Crippen molar-refractivity contribution >= 4 is 0 Å². The second-order valence-corrected chi connectivity index (χ2v) is 5.66. The van der Waals surface area contributed by atoms with Crippen LogP contribution in [0.25, 0.3) is 0 Å². The predicted molar refractivity (Wildman–Crippen MR) is 94.7 cm³/mol. The maximum Gasteiger partial charge on any atom is 0.0431 e. The summed E-state index contributed by atoms with van der Waals surface area (Å²) in [5, 5.41) is 15.7. The number of hydrogen-bond donors (Lipinski definition) is 2. The molecule has 0 amide bonds. The Morgan fingerprint density at radius 2 is 0.952 bits per heavy atom. The molecule has 0 aliphatic carbocycles. The molecule has 0 fully saturated rings. The van der Waals surface area contributed by atoms with Crippen LogP contribution in [0, 0.1) is 0 Å². The zero-order valence-electron chi connectivity index (χ0n) is 14.7. The van der Waals surface area contributed by atoms with Crippen LogP contribution in [0.1, 0.15) is 96.8 Å². The molecule has 2 N–H and O–H groups in total. The van der Waals surface area contributed by atoms with E-state index in [4.69, 9.17) is 10.2 Å². The summed E-state index contributed by atoms with van der Waals surface area (Å²) in [7, 11) is 1.00. The van der Waals surface area contributed by atoms with Crippen LogP contribution in [-0.2, 0) is 0 Å². The van der Waals surface area contributed by atoms with Gasteiger partial charge in [-0.3, -0.25) is 0 Å². The zero-order valence-corrected chi connectivity index (χ0v) is 14.7. The molecule has 128 valence electrons. The number of unbranched alkanes of at least 4 members (excludes halogenated alkanes) is 12. The lowest BCUT2D eigenvalue weighted by atomic mass is 10.1. The molecule has 0 saturated heterocycles. The minimum absolute atomic E-state index is 0.362. The van der Waals surface area contributed by atoms with Crippen LogP contribution in [0.3, 0.4) is 0 Å². The highest BCUT2D eigenvalue weighted by Gasteiger charge is 1.90. The van der Waals surface area contributed by atoms with Crippen molar-refractivity contribution in [3.8, 4) is 0 Å². The molecule has 0 aliphatic heterocycles. The SMILES string of the molecule is CCCCCCCCC=CCCCCCCCCO.CO. The van der Waals surface area contributed by atoms with Gasteiger partial charge in [-0.1, -0.05) is 76.9 Å². The summed E-state index contributed by atoms with van der Waals surface area (Å²) in [5.41, 5.74) is 0. The molecule has 0 unspecified atom stereocenters. The van der Waals surface area contributed by atoms with Crippen molar-refractivity contribution < 1.29 is 10.2 Å². The van der Waals surface area contributed by atoms with Crippen LogP contribution < -0.4 is 0 Å². The van der Waals surface area contributed by atoms with E-state index in [1.54, 1.807) is 0 Å². The Kier molecular flexibility index (Phi) is 26.9. The summed E-state index contributed by atoms with van der Waals surface area (Å²) in [5.74, 6) is 0. The maximum absolute atomic E-state index is 8.66. The van der Waals surface area contributed by atoms with Gasteiger partial charge in [-0.25, -0.2) is 0 Å². The predicted octanol–water partition coefficient (Wildman–Crippen LogP) is 5.62. The zero-order chi connectivity index (χ0) is 16.0. The Morgan fingerprint density at radius 3 is 1.38 bits per heavy atom. The first-order valence-electron chi connectivity index (χ1n) is 9.12. The standard InChI is InChI=1S/C18H36O.CH4O/c1-2-3-4-5-6-7-8-9-10-11-12-13-14-15-16-17-18-19;1-2/h9-10,19H,2-8,11-18H2,1H3;2H,1H3. The summed E-state index contributed by atoms with van der Waals surface area (Å²) in [6, 6.07) is 0. The molecule has 0 aromatic rings. The number of rotatable bonds is 15. The monoisotopic (exact) mass is 300 g/mol. The largest absolute Gasteiger partial charge is 0.400 e. The molecule has 21 heavy (non-hydrogen) atoms. The molecule has 2 nitrogen and oxygen atoms in total. The Morgan fingerprint density at radius 1 is 0.571 bits per heavy atom. The fraction of sp³-hybridized carbons (Fsp3) is 0.895. The van der Waals surface area contributed by atoms with E-state index in [1.165, 1.54) is 83.5 Å². The highest BCUT2D eigenvalue weighted by atomic mass is 16.3. The third-order valence-corrected chi connectivity index (χ3v) is 3.67. The average molecular weight is 301 g/mol.